The SMILES string of the molecule is c1ccc(C(c2ccccc2)(c2ccccc2)n2cc(-c3nnc(OC4[C@H]5CC6C[C@H]4CN(C6)C5)s3)cn2)cc1. The summed E-state index contributed by atoms with van der Waals surface area (Å²) in [5.41, 5.74) is 3.71. The van der Waals surface area contributed by atoms with E-state index in [4.69, 9.17) is 9.84 Å². The normalized spacial score (nSPS) is 25.2. The molecule has 4 bridgehead atoms. The van der Waals surface area contributed by atoms with Crippen LogP contribution >= 0.6 is 11.3 Å². The molecule has 0 amide bonds. The average molecular weight is 546 g/mol. The largest absolute Gasteiger partial charge is 0.465 e. The number of aromatic nitrogens is 4. The number of benzene rings is 3. The Morgan fingerprint density at radius 3 is 1.85 bits per heavy atom. The molecule has 5 aromatic rings. The van der Waals surface area contributed by atoms with Crippen molar-refractivity contribution in [3.05, 3.63) is 120 Å². The highest BCUT2D eigenvalue weighted by Crippen LogP contribution is 2.46. The highest BCUT2D eigenvalue weighted by Gasteiger charge is 2.49. The Balaban J connectivity index is 1.17. The van der Waals surface area contributed by atoms with Gasteiger partial charge in [-0.15, -0.1) is 5.10 Å². The van der Waals surface area contributed by atoms with Gasteiger partial charge in [-0.1, -0.05) is 107 Å². The first-order valence-electron chi connectivity index (χ1n) is 14.2. The van der Waals surface area contributed by atoms with E-state index in [-0.39, 0.29) is 6.10 Å². The Labute approximate surface area is 238 Å². The van der Waals surface area contributed by atoms with E-state index in [2.05, 4.69) is 117 Å². The summed E-state index contributed by atoms with van der Waals surface area (Å²) in [6.07, 6.45) is 6.85. The van der Waals surface area contributed by atoms with Crippen LogP contribution in [0.2, 0.25) is 0 Å². The van der Waals surface area contributed by atoms with Gasteiger partial charge in [0.2, 0.25) is 0 Å². The number of hydrogen-bond donors (Lipinski definition) is 0. The fourth-order valence-corrected chi connectivity index (χ4v) is 8.31. The Bertz CT molecular complexity index is 1470. The van der Waals surface area contributed by atoms with Crippen molar-refractivity contribution in [2.24, 2.45) is 17.8 Å². The standard InChI is InChI=1S/C33H31N5OS/c1-4-10-27(11-5-1)33(28-12-6-2-7-13-28,29-14-8-3-9-15-29)38-22-26(18-34-38)31-35-36-32(40-31)39-30-24-16-23-17-25(30)21-37(19-23)20-24/h1-15,18,22-25,30H,16-17,19-21H2/t23?,24-,25-,30?/m0/s1. The molecule has 0 N–H and O–H groups in total. The zero-order chi connectivity index (χ0) is 26.5. The third-order valence-electron chi connectivity index (χ3n) is 9.09. The summed E-state index contributed by atoms with van der Waals surface area (Å²) in [5.74, 6) is 2.08. The quantitative estimate of drug-likeness (QED) is 0.236. The molecule has 2 atom stereocenters. The molecule has 40 heavy (non-hydrogen) atoms. The van der Waals surface area contributed by atoms with Crippen molar-refractivity contribution in [2.75, 3.05) is 19.6 Å². The second-order valence-corrected chi connectivity index (χ2v) is 12.5. The van der Waals surface area contributed by atoms with Gasteiger partial charge in [-0.2, -0.15) is 5.10 Å². The molecule has 6 nitrogen and oxygen atoms in total. The zero-order valence-electron chi connectivity index (χ0n) is 22.2. The van der Waals surface area contributed by atoms with Crippen LogP contribution in [0.25, 0.3) is 10.6 Å². The lowest BCUT2D eigenvalue weighted by molar-refractivity contribution is -0.0986. The Morgan fingerprint density at radius 1 is 0.725 bits per heavy atom. The maximum Gasteiger partial charge on any atom is 0.294 e. The van der Waals surface area contributed by atoms with Gasteiger partial charge < -0.3 is 9.64 Å². The lowest BCUT2D eigenvalue weighted by atomic mass is 9.66. The molecule has 0 spiro atoms. The molecular formula is C33H31N5OS. The van der Waals surface area contributed by atoms with E-state index in [0.717, 1.165) is 46.3 Å². The number of piperidine rings is 3. The van der Waals surface area contributed by atoms with Crippen LogP contribution in [0.5, 0.6) is 5.19 Å². The predicted octanol–water partition coefficient (Wildman–Crippen LogP) is 5.96. The molecule has 1 saturated carbocycles. The summed E-state index contributed by atoms with van der Waals surface area (Å²) in [6, 6.07) is 31.8. The molecule has 4 aliphatic rings. The molecule has 3 saturated heterocycles. The first-order chi connectivity index (χ1) is 19.8. The Hall–Kier alpha value is -3.81. The fraction of sp³-hybridized carbons (Fsp3) is 0.303. The van der Waals surface area contributed by atoms with E-state index in [1.807, 2.05) is 6.20 Å². The summed E-state index contributed by atoms with van der Waals surface area (Å²) in [4.78, 5) is 2.63. The third-order valence-corrected chi connectivity index (χ3v) is 9.96. The fourth-order valence-electron chi connectivity index (χ4n) is 7.60. The number of rotatable bonds is 7. The van der Waals surface area contributed by atoms with Crippen molar-refractivity contribution in [2.45, 2.75) is 24.5 Å². The van der Waals surface area contributed by atoms with E-state index in [0.29, 0.717) is 17.0 Å². The number of hydrogen-bond acceptors (Lipinski definition) is 6. The van der Waals surface area contributed by atoms with Gasteiger partial charge in [-0.05, 0) is 35.4 Å². The number of nitrogens with zero attached hydrogens (tertiary/aromatic N) is 5. The second-order valence-electron chi connectivity index (χ2n) is 11.5. The first kappa shape index (κ1) is 24.0. The number of ether oxygens (including phenoxy) is 1. The molecule has 7 heteroatoms. The summed E-state index contributed by atoms with van der Waals surface area (Å²) < 4.78 is 8.65. The molecule has 2 aromatic heterocycles. The highest BCUT2D eigenvalue weighted by molar-refractivity contribution is 7.16. The molecule has 0 radical (unpaired) electrons. The van der Waals surface area contributed by atoms with Crippen molar-refractivity contribution in [3.8, 4) is 15.8 Å². The van der Waals surface area contributed by atoms with Gasteiger partial charge in [-0.25, -0.2) is 0 Å². The van der Waals surface area contributed by atoms with Crippen molar-refractivity contribution >= 4 is 11.3 Å². The molecule has 4 fully saturated rings. The lowest BCUT2D eigenvalue weighted by Crippen LogP contribution is -2.61. The molecule has 3 aliphatic heterocycles. The zero-order valence-corrected chi connectivity index (χ0v) is 23.0. The summed E-state index contributed by atoms with van der Waals surface area (Å²) >= 11 is 1.53. The van der Waals surface area contributed by atoms with Crippen LogP contribution in [0.15, 0.2) is 103 Å². The van der Waals surface area contributed by atoms with E-state index >= 15 is 0 Å². The van der Waals surface area contributed by atoms with Crippen LogP contribution in [-0.4, -0.2) is 50.6 Å². The molecule has 9 rings (SSSR count). The molecule has 0 unspecified atom stereocenters. The van der Waals surface area contributed by atoms with Crippen molar-refractivity contribution in [1.29, 1.82) is 0 Å². The summed E-state index contributed by atoms with van der Waals surface area (Å²) in [5, 5.41) is 15.5. The summed E-state index contributed by atoms with van der Waals surface area (Å²) in [7, 11) is 0. The minimum Gasteiger partial charge on any atom is -0.465 e. The van der Waals surface area contributed by atoms with Gasteiger partial charge >= 0.3 is 0 Å². The molecule has 5 heterocycles. The topological polar surface area (TPSA) is 56.1 Å². The minimum atomic E-state index is -0.651. The van der Waals surface area contributed by atoms with Crippen molar-refractivity contribution < 1.29 is 4.74 Å². The predicted molar refractivity (Wildman–Crippen MR) is 156 cm³/mol. The molecule has 200 valence electrons. The van der Waals surface area contributed by atoms with Gasteiger partial charge in [-0.3, -0.25) is 4.68 Å². The van der Waals surface area contributed by atoms with Crippen LogP contribution in [0.1, 0.15) is 29.5 Å². The van der Waals surface area contributed by atoms with E-state index in [1.165, 1.54) is 30.7 Å². The van der Waals surface area contributed by atoms with Gasteiger partial charge in [0.25, 0.3) is 5.19 Å². The maximum atomic E-state index is 6.57. The van der Waals surface area contributed by atoms with Crippen LogP contribution < -0.4 is 4.74 Å². The van der Waals surface area contributed by atoms with Crippen molar-refractivity contribution in [3.63, 3.8) is 0 Å². The molecule has 3 aromatic carbocycles. The monoisotopic (exact) mass is 545 g/mol. The average Bonchev–Trinajstić information content (AvgIpc) is 3.67. The van der Waals surface area contributed by atoms with Crippen LogP contribution in [0, 0.1) is 17.8 Å². The summed E-state index contributed by atoms with van der Waals surface area (Å²) in [6.45, 7) is 3.61. The lowest BCUT2D eigenvalue weighted by Gasteiger charge is -2.54. The van der Waals surface area contributed by atoms with Crippen LogP contribution in [0.4, 0.5) is 0 Å². The van der Waals surface area contributed by atoms with Gasteiger partial charge in [0.15, 0.2) is 5.01 Å². The maximum absolute atomic E-state index is 6.57. The van der Waals surface area contributed by atoms with Crippen LogP contribution in [0.3, 0.4) is 0 Å². The van der Waals surface area contributed by atoms with Gasteiger partial charge in [0.05, 0.1) is 11.8 Å². The third kappa shape index (κ3) is 3.91. The van der Waals surface area contributed by atoms with Gasteiger partial charge in [0.1, 0.15) is 11.6 Å². The van der Waals surface area contributed by atoms with Gasteiger partial charge in [0, 0.05) is 37.7 Å². The second kappa shape index (κ2) is 9.68. The first-order valence-corrected chi connectivity index (χ1v) is 15.0. The molecule has 1 aliphatic carbocycles. The Morgan fingerprint density at radius 2 is 1.30 bits per heavy atom. The van der Waals surface area contributed by atoms with Crippen LogP contribution in [-0.2, 0) is 5.54 Å². The Kier molecular flexibility index (Phi) is 5.81. The van der Waals surface area contributed by atoms with Crippen molar-refractivity contribution in [1.82, 2.24) is 24.9 Å². The molecular weight excluding hydrogens is 514 g/mol. The van der Waals surface area contributed by atoms with E-state index < -0.39 is 5.54 Å². The van der Waals surface area contributed by atoms with E-state index in [9.17, 15) is 0 Å². The van der Waals surface area contributed by atoms with E-state index in [1.54, 1.807) is 0 Å². The minimum absolute atomic E-state index is 0.262. The smallest absolute Gasteiger partial charge is 0.294 e. The highest BCUT2D eigenvalue weighted by atomic mass is 32.1.